The predicted octanol–water partition coefficient (Wildman–Crippen LogP) is 3.62. The zero-order valence-electron chi connectivity index (χ0n) is 9.59. The Balaban J connectivity index is 2.27. The van der Waals surface area contributed by atoms with Crippen LogP contribution in [0.25, 0.3) is 0 Å². The van der Waals surface area contributed by atoms with Gasteiger partial charge < -0.3 is 10.1 Å². The SMILES string of the molecule is CC(C)NCCOCc1ccc(Br)cc1Cl. The standard InChI is InChI=1S/C12H17BrClNO/c1-9(2)15-5-6-16-8-10-3-4-11(13)7-12(10)14/h3-4,7,9,15H,5-6,8H2,1-2H3. The summed E-state index contributed by atoms with van der Waals surface area (Å²) in [6, 6.07) is 6.33. The highest BCUT2D eigenvalue weighted by molar-refractivity contribution is 9.10. The van der Waals surface area contributed by atoms with Crippen LogP contribution in [0.3, 0.4) is 0 Å². The molecule has 1 aromatic rings. The van der Waals surface area contributed by atoms with Gasteiger partial charge in [-0.15, -0.1) is 0 Å². The van der Waals surface area contributed by atoms with Crippen LogP contribution in [0.2, 0.25) is 5.02 Å². The molecule has 0 heterocycles. The minimum atomic E-state index is 0.500. The second-order valence-corrected chi connectivity index (χ2v) is 5.22. The van der Waals surface area contributed by atoms with E-state index in [1.165, 1.54) is 0 Å². The van der Waals surface area contributed by atoms with Crippen molar-refractivity contribution < 1.29 is 4.74 Å². The van der Waals surface area contributed by atoms with Crippen molar-refractivity contribution in [1.29, 1.82) is 0 Å². The summed E-state index contributed by atoms with van der Waals surface area (Å²) in [5, 5.41) is 4.03. The maximum atomic E-state index is 6.07. The quantitative estimate of drug-likeness (QED) is 0.811. The summed E-state index contributed by atoms with van der Waals surface area (Å²) in [4.78, 5) is 0. The predicted molar refractivity (Wildman–Crippen MR) is 71.9 cm³/mol. The normalized spacial score (nSPS) is 11.1. The minimum Gasteiger partial charge on any atom is -0.375 e. The molecule has 0 aliphatic heterocycles. The Labute approximate surface area is 110 Å². The molecule has 0 amide bonds. The van der Waals surface area contributed by atoms with Gasteiger partial charge in [0.15, 0.2) is 0 Å². The molecule has 0 saturated heterocycles. The van der Waals surface area contributed by atoms with Gasteiger partial charge in [0.25, 0.3) is 0 Å². The molecule has 0 aliphatic carbocycles. The molecule has 0 bridgehead atoms. The van der Waals surface area contributed by atoms with Gasteiger partial charge in [-0.3, -0.25) is 0 Å². The number of hydrogen-bond acceptors (Lipinski definition) is 2. The van der Waals surface area contributed by atoms with E-state index in [-0.39, 0.29) is 0 Å². The Hall–Kier alpha value is -0.0900. The van der Waals surface area contributed by atoms with Crippen LogP contribution >= 0.6 is 27.5 Å². The van der Waals surface area contributed by atoms with Gasteiger partial charge >= 0.3 is 0 Å². The largest absolute Gasteiger partial charge is 0.375 e. The third-order valence-electron chi connectivity index (χ3n) is 2.07. The van der Waals surface area contributed by atoms with Crippen LogP contribution in [0.15, 0.2) is 22.7 Å². The van der Waals surface area contributed by atoms with E-state index in [0.29, 0.717) is 19.3 Å². The highest BCUT2D eigenvalue weighted by Crippen LogP contribution is 2.21. The maximum absolute atomic E-state index is 6.07. The van der Waals surface area contributed by atoms with E-state index < -0.39 is 0 Å². The lowest BCUT2D eigenvalue weighted by molar-refractivity contribution is 0.121. The first kappa shape index (κ1) is 14.0. The molecule has 0 aromatic heterocycles. The summed E-state index contributed by atoms with van der Waals surface area (Å²) in [5.74, 6) is 0. The molecule has 90 valence electrons. The Kier molecular flexibility index (Phi) is 6.36. The van der Waals surface area contributed by atoms with Crippen LogP contribution in [0.5, 0.6) is 0 Å². The monoisotopic (exact) mass is 305 g/mol. The Morgan fingerprint density at radius 1 is 1.44 bits per heavy atom. The van der Waals surface area contributed by atoms with Gasteiger partial charge in [-0.2, -0.15) is 0 Å². The highest BCUT2D eigenvalue weighted by atomic mass is 79.9. The van der Waals surface area contributed by atoms with Crippen LogP contribution in [-0.2, 0) is 11.3 Å². The summed E-state index contributed by atoms with van der Waals surface area (Å²) in [7, 11) is 0. The fourth-order valence-electron chi connectivity index (χ4n) is 1.24. The van der Waals surface area contributed by atoms with Gasteiger partial charge in [-0.1, -0.05) is 47.4 Å². The van der Waals surface area contributed by atoms with Crippen molar-refractivity contribution in [3.8, 4) is 0 Å². The van der Waals surface area contributed by atoms with Crippen molar-refractivity contribution >= 4 is 27.5 Å². The summed E-state index contributed by atoms with van der Waals surface area (Å²) < 4.78 is 6.52. The van der Waals surface area contributed by atoms with Gasteiger partial charge in [-0.25, -0.2) is 0 Å². The Bertz CT molecular complexity index is 331. The second-order valence-electron chi connectivity index (χ2n) is 3.90. The molecule has 0 unspecified atom stereocenters. The van der Waals surface area contributed by atoms with Crippen LogP contribution < -0.4 is 5.32 Å². The van der Waals surface area contributed by atoms with Crippen molar-refractivity contribution in [3.63, 3.8) is 0 Å². The van der Waals surface area contributed by atoms with Crippen LogP contribution in [0.4, 0.5) is 0 Å². The molecule has 0 radical (unpaired) electrons. The molecule has 0 aliphatic rings. The third-order valence-corrected chi connectivity index (χ3v) is 2.92. The van der Waals surface area contributed by atoms with Gasteiger partial charge in [0.05, 0.1) is 13.2 Å². The first-order valence-corrected chi connectivity index (χ1v) is 6.51. The van der Waals surface area contributed by atoms with E-state index in [9.17, 15) is 0 Å². The first-order valence-electron chi connectivity index (χ1n) is 5.34. The summed E-state index contributed by atoms with van der Waals surface area (Å²) in [6.45, 7) is 6.36. The molecule has 0 spiro atoms. The number of hydrogen-bond donors (Lipinski definition) is 1. The molecular formula is C12H17BrClNO. The maximum Gasteiger partial charge on any atom is 0.0731 e. The Morgan fingerprint density at radius 3 is 2.81 bits per heavy atom. The molecule has 4 heteroatoms. The summed E-state index contributed by atoms with van der Waals surface area (Å²) in [6.07, 6.45) is 0. The molecule has 1 rings (SSSR count). The van der Waals surface area contributed by atoms with Gasteiger partial charge in [0.1, 0.15) is 0 Å². The lowest BCUT2D eigenvalue weighted by Crippen LogP contribution is -2.26. The van der Waals surface area contributed by atoms with Crippen LogP contribution in [-0.4, -0.2) is 19.2 Å². The number of benzene rings is 1. The zero-order chi connectivity index (χ0) is 12.0. The third kappa shape index (κ3) is 5.30. The molecule has 1 N–H and O–H groups in total. The number of nitrogens with one attached hydrogen (secondary N) is 1. The van der Waals surface area contributed by atoms with E-state index in [2.05, 4.69) is 35.1 Å². The molecule has 0 fully saturated rings. The van der Waals surface area contributed by atoms with Crippen molar-refractivity contribution in [3.05, 3.63) is 33.3 Å². The molecule has 0 saturated carbocycles. The van der Waals surface area contributed by atoms with Crippen LogP contribution in [0.1, 0.15) is 19.4 Å². The molecule has 0 atom stereocenters. The molecule has 1 aromatic carbocycles. The van der Waals surface area contributed by atoms with E-state index in [4.69, 9.17) is 16.3 Å². The van der Waals surface area contributed by atoms with E-state index in [1.807, 2.05) is 18.2 Å². The average Bonchev–Trinajstić information content (AvgIpc) is 2.20. The fourth-order valence-corrected chi connectivity index (χ4v) is 1.97. The topological polar surface area (TPSA) is 21.3 Å². The summed E-state index contributed by atoms with van der Waals surface area (Å²) >= 11 is 9.44. The van der Waals surface area contributed by atoms with E-state index in [0.717, 1.165) is 21.6 Å². The summed E-state index contributed by atoms with van der Waals surface area (Å²) in [5.41, 5.74) is 1.02. The van der Waals surface area contributed by atoms with Crippen LogP contribution in [0, 0.1) is 0 Å². The average molecular weight is 307 g/mol. The smallest absolute Gasteiger partial charge is 0.0731 e. The number of halogens is 2. The molecular weight excluding hydrogens is 289 g/mol. The fraction of sp³-hybridized carbons (Fsp3) is 0.500. The minimum absolute atomic E-state index is 0.500. The molecule has 2 nitrogen and oxygen atoms in total. The van der Waals surface area contributed by atoms with Crippen molar-refractivity contribution in [2.75, 3.05) is 13.2 Å². The lowest BCUT2D eigenvalue weighted by atomic mass is 10.2. The number of rotatable bonds is 6. The Morgan fingerprint density at radius 2 is 2.19 bits per heavy atom. The van der Waals surface area contributed by atoms with Crippen molar-refractivity contribution in [2.45, 2.75) is 26.5 Å². The zero-order valence-corrected chi connectivity index (χ0v) is 11.9. The van der Waals surface area contributed by atoms with Gasteiger partial charge in [-0.05, 0) is 17.7 Å². The lowest BCUT2D eigenvalue weighted by Gasteiger charge is -2.09. The van der Waals surface area contributed by atoms with E-state index in [1.54, 1.807) is 0 Å². The molecule has 16 heavy (non-hydrogen) atoms. The van der Waals surface area contributed by atoms with E-state index >= 15 is 0 Å². The number of ether oxygens (including phenoxy) is 1. The van der Waals surface area contributed by atoms with Crippen molar-refractivity contribution in [1.82, 2.24) is 5.32 Å². The van der Waals surface area contributed by atoms with Gasteiger partial charge in [0.2, 0.25) is 0 Å². The van der Waals surface area contributed by atoms with Gasteiger partial charge in [0, 0.05) is 22.1 Å². The highest BCUT2D eigenvalue weighted by Gasteiger charge is 2.01. The van der Waals surface area contributed by atoms with Crippen molar-refractivity contribution in [2.24, 2.45) is 0 Å². The second kappa shape index (κ2) is 7.28. The first-order chi connectivity index (χ1) is 7.59.